The highest BCUT2D eigenvalue weighted by Gasteiger charge is 2.24. The van der Waals surface area contributed by atoms with Crippen molar-refractivity contribution in [2.24, 2.45) is 0 Å². The Kier molecular flexibility index (Phi) is 4.40. The van der Waals surface area contributed by atoms with Crippen LogP contribution in [-0.4, -0.2) is 42.4 Å². The van der Waals surface area contributed by atoms with Crippen LogP contribution in [0.5, 0.6) is 0 Å². The molecule has 0 radical (unpaired) electrons. The van der Waals surface area contributed by atoms with Crippen molar-refractivity contribution in [3.63, 3.8) is 0 Å². The number of nitrogens with zero attached hydrogens (tertiary/aromatic N) is 1. The predicted octanol–water partition coefficient (Wildman–Crippen LogP) is 2.09. The Labute approximate surface area is 107 Å². The molecule has 1 saturated heterocycles. The molecule has 2 rings (SSSR count). The summed E-state index contributed by atoms with van der Waals surface area (Å²) >= 11 is 5.93. The van der Waals surface area contributed by atoms with Crippen molar-refractivity contribution in [3.05, 3.63) is 34.9 Å². The lowest BCUT2D eigenvalue weighted by atomic mass is 10.0. The molecule has 0 aromatic heterocycles. The highest BCUT2D eigenvalue weighted by molar-refractivity contribution is 6.30. The van der Waals surface area contributed by atoms with Crippen LogP contribution in [0.3, 0.4) is 0 Å². The van der Waals surface area contributed by atoms with Crippen molar-refractivity contribution in [1.82, 2.24) is 4.90 Å². The van der Waals surface area contributed by atoms with Crippen molar-refractivity contribution in [1.29, 1.82) is 0 Å². The van der Waals surface area contributed by atoms with Crippen LogP contribution in [0.4, 0.5) is 0 Å². The van der Waals surface area contributed by atoms with Gasteiger partial charge in [0.2, 0.25) is 0 Å². The third-order valence-electron chi connectivity index (χ3n) is 3.27. The first-order valence-corrected chi connectivity index (χ1v) is 6.31. The van der Waals surface area contributed by atoms with Crippen LogP contribution in [0.15, 0.2) is 24.3 Å². The van der Waals surface area contributed by atoms with E-state index in [1.54, 1.807) is 0 Å². The number of aliphatic hydroxyl groups is 1. The van der Waals surface area contributed by atoms with Crippen LogP contribution in [0.1, 0.15) is 18.6 Å². The largest absolute Gasteiger partial charge is 0.387 e. The third kappa shape index (κ3) is 3.19. The Balaban J connectivity index is 2.05. The van der Waals surface area contributed by atoms with Gasteiger partial charge in [0, 0.05) is 24.2 Å². The molecule has 1 aliphatic heterocycles. The summed E-state index contributed by atoms with van der Waals surface area (Å²) in [5, 5.41) is 11.0. The van der Waals surface area contributed by atoms with Gasteiger partial charge in [-0.3, -0.25) is 4.90 Å². The molecule has 1 aromatic carbocycles. The number of hydrogen-bond donors (Lipinski definition) is 1. The molecule has 0 amide bonds. The predicted molar refractivity (Wildman–Crippen MR) is 68.3 cm³/mol. The zero-order valence-corrected chi connectivity index (χ0v) is 10.7. The lowest BCUT2D eigenvalue weighted by molar-refractivity contribution is -0.0166. The van der Waals surface area contributed by atoms with Gasteiger partial charge in [0.1, 0.15) is 0 Å². The zero-order chi connectivity index (χ0) is 12.3. The van der Waals surface area contributed by atoms with Crippen LogP contribution in [-0.2, 0) is 4.74 Å². The molecule has 0 unspecified atom stereocenters. The highest BCUT2D eigenvalue weighted by Crippen LogP contribution is 2.23. The summed E-state index contributed by atoms with van der Waals surface area (Å²) in [4.78, 5) is 2.25. The Morgan fingerprint density at radius 1 is 1.35 bits per heavy atom. The van der Waals surface area contributed by atoms with Gasteiger partial charge >= 0.3 is 0 Å². The average molecular weight is 256 g/mol. The molecule has 17 heavy (non-hydrogen) atoms. The number of rotatable bonds is 3. The van der Waals surface area contributed by atoms with Gasteiger partial charge in [0.25, 0.3) is 0 Å². The standard InChI is InChI=1S/C13H18ClNO2/c1-10(15-5-7-17-8-6-15)13(16)11-3-2-4-12(14)9-11/h2-4,9-10,13,16H,5-8H2,1H3/t10-,13+/m0/s1. The summed E-state index contributed by atoms with van der Waals surface area (Å²) in [7, 11) is 0. The fourth-order valence-electron chi connectivity index (χ4n) is 2.15. The molecule has 2 atom stereocenters. The summed E-state index contributed by atoms with van der Waals surface area (Å²) in [5.74, 6) is 0. The minimum absolute atomic E-state index is 0.0809. The van der Waals surface area contributed by atoms with Gasteiger partial charge in [-0.15, -0.1) is 0 Å². The monoisotopic (exact) mass is 255 g/mol. The van der Waals surface area contributed by atoms with Gasteiger partial charge in [-0.2, -0.15) is 0 Å². The highest BCUT2D eigenvalue weighted by atomic mass is 35.5. The lowest BCUT2D eigenvalue weighted by Gasteiger charge is -2.35. The number of ether oxygens (including phenoxy) is 1. The quantitative estimate of drug-likeness (QED) is 0.898. The number of benzene rings is 1. The van der Waals surface area contributed by atoms with E-state index in [0.29, 0.717) is 5.02 Å². The van der Waals surface area contributed by atoms with Crippen molar-refractivity contribution in [3.8, 4) is 0 Å². The van der Waals surface area contributed by atoms with Crippen LogP contribution < -0.4 is 0 Å². The van der Waals surface area contributed by atoms with Gasteiger partial charge in [0.15, 0.2) is 0 Å². The van der Waals surface area contributed by atoms with Gasteiger partial charge in [0.05, 0.1) is 19.3 Å². The smallest absolute Gasteiger partial charge is 0.0943 e. The van der Waals surface area contributed by atoms with Crippen molar-refractivity contribution < 1.29 is 9.84 Å². The fourth-order valence-corrected chi connectivity index (χ4v) is 2.35. The molecule has 1 heterocycles. The normalized spacial score (nSPS) is 21.1. The van der Waals surface area contributed by atoms with E-state index in [-0.39, 0.29) is 6.04 Å². The summed E-state index contributed by atoms with van der Waals surface area (Å²) in [5.41, 5.74) is 0.872. The van der Waals surface area contributed by atoms with E-state index in [0.717, 1.165) is 31.9 Å². The number of hydrogen-bond acceptors (Lipinski definition) is 3. The molecule has 1 fully saturated rings. The van der Waals surface area contributed by atoms with E-state index >= 15 is 0 Å². The molecule has 0 aliphatic carbocycles. The molecule has 1 N–H and O–H groups in total. The fraction of sp³-hybridized carbons (Fsp3) is 0.538. The minimum Gasteiger partial charge on any atom is -0.387 e. The first-order valence-electron chi connectivity index (χ1n) is 5.94. The second-order valence-electron chi connectivity index (χ2n) is 4.39. The van der Waals surface area contributed by atoms with Gasteiger partial charge < -0.3 is 9.84 Å². The van der Waals surface area contributed by atoms with Gasteiger partial charge in [-0.1, -0.05) is 23.7 Å². The van der Waals surface area contributed by atoms with Crippen LogP contribution >= 0.6 is 11.6 Å². The Morgan fingerprint density at radius 2 is 2.06 bits per heavy atom. The van der Waals surface area contributed by atoms with E-state index in [9.17, 15) is 5.11 Å². The maximum atomic E-state index is 10.3. The summed E-state index contributed by atoms with van der Waals surface area (Å²) in [6.07, 6.45) is -0.508. The molecule has 94 valence electrons. The molecule has 0 saturated carbocycles. The third-order valence-corrected chi connectivity index (χ3v) is 3.50. The molecule has 4 heteroatoms. The Morgan fingerprint density at radius 3 is 2.71 bits per heavy atom. The molecule has 0 spiro atoms. The lowest BCUT2D eigenvalue weighted by Crippen LogP contribution is -2.44. The molecule has 0 bridgehead atoms. The molecule has 1 aromatic rings. The average Bonchev–Trinajstić information content (AvgIpc) is 2.38. The van der Waals surface area contributed by atoms with Crippen molar-refractivity contribution >= 4 is 11.6 Å². The van der Waals surface area contributed by atoms with Gasteiger partial charge in [-0.25, -0.2) is 0 Å². The summed E-state index contributed by atoms with van der Waals surface area (Å²) in [6, 6.07) is 7.50. The van der Waals surface area contributed by atoms with Crippen LogP contribution in [0, 0.1) is 0 Å². The second-order valence-corrected chi connectivity index (χ2v) is 4.83. The number of aliphatic hydroxyl groups excluding tert-OH is 1. The SMILES string of the molecule is C[C@@H]([C@@H](O)c1cccc(Cl)c1)N1CCOCC1. The van der Waals surface area contributed by atoms with E-state index in [2.05, 4.69) is 4.90 Å². The topological polar surface area (TPSA) is 32.7 Å². The Bertz CT molecular complexity index is 366. The molecular formula is C13H18ClNO2. The first kappa shape index (κ1) is 12.8. The minimum atomic E-state index is -0.508. The van der Waals surface area contributed by atoms with Gasteiger partial charge in [-0.05, 0) is 24.6 Å². The summed E-state index contributed by atoms with van der Waals surface area (Å²) in [6.45, 7) is 5.27. The first-order chi connectivity index (χ1) is 8.18. The maximum Gasteiger partial charge on any atom is 0.0943 e. The molecule has 1 aliphatic rings. The van der Waals surface area contributed by atoms with Crippen LogP contribution in [0.25, 0.3) is 0 Å². The van der Waals surface area contributed by atoms with E-state index in [1.807, 2.05) is 31.2 Å². The number of morpholine rings is 1. The van der Waals surface area contributed by atoms with E-state index in [4.69, 9.17) is 16.3 Å². The van der Waals surface area contributed by atoms with Crippen molar-refractivity contribution in [2.45, 2.75) is 19.1 Å². The zero-order valence-electron chi connectivity index (χ0n) is 9.97. The molecular weight excluding hydrogens is 238 g/mol. The Hall–Kier alpha value is -0.610. The number of halogens is 1. The summed E-state index contributed by atoms with van der Waals surface area (Å²) < 4.78 is 5.31. The maximum absolute atomic E-state index is 10.3. The van der Waals surface area contributed by atoms with Crippen LogP contribution in [0.2, 0.25) is 5.02 Å². The van der Waals surface area contributed by atoms with Crippen molar-refractivity contribution in [2.75, 3.05) is 26.3 Å². The molecule has 3 nitrogen and oxygen atoms in total. The van der Waals surface area contributed by atoms with E-state index in [1.165, 1.54) is 0 Å². The van der Waals surface area contributed by atoms with E-state index < -0.39 is 6.10 Å². The second kappa shape index (κ2) is 5.83.